The molecule has 3 aliphatic rings. The number of fused-ring (bicyclic) bond motifs is 1. The van der Waals surface area contributed by atoms with Gasteiger partial charge < -0.3 is 35.0 Å². The topological polar surface area (TPSA) is 120 Å². The molecule has 0 aromatic carbocycles. The summed E-state index contributed by atoms with van der Waals surface area (Å²) >= 11 is 0. The fraction of sp³-hybridized carbons (Fsp3) is 0.846. The van der Waals surface area contributed by atoms with Crippen LogP contribution in [0.2, 0.25) is 0 Å². The van der Waals surface area contributed by atoms with Gasteiger partial charge in [0.05, 0.1) is 18.3 Å². The average molecular weight is 469 g/mol. The quantitative estimate of drug-likeness (QED) is 0.364. The molecule has 0 aromatic heterocycles. The van der Waals surface area contributed by atoms with Crippen molar-refractivity contribution in [3.8, 4) is 0 Å². The molecular weight excluding hydrogens is 424 g/mol. The van der Waals surface area contributed by atoms with Crippen LogP contribution in [0.3, 0.4) is 0 Å². The van der Waals surface area contributed by atoms with Crippen LogP contribution in [0.25, 0.3) is 0 Å². The van der Waals surface area contributed by atoms with Crippen molar-refractivity contribution < 1.29 is 35.0 Å². The van der Waals surface area contributed by atoms with E-state index >= 15 is 0 Å². The lowest BCUT2D eigenvalue weighted by Crippen LogP contribution is -2.63. The maximum absolute atomic E-state index is 10.6. The highest BCUT2D eigenvalue weighted by molar-refractivity contribution is 5.24. The van der Waals surface area contributed by atoms with Crippen LogP contribution < -0.4 is 0 Å². The van der Waals surface area contributed by atoms with E-state index in [-0.39, 0.29) is 28.8 Å². The van der Waals surface area contributed by atoms with Crippen molar-refractivity contribution in [3.05, 3.63) is 24.3 Å². The highest BCUT2D eigenvalue weighted by Crippen LogP contribution is 2.63. The molecule has 7 nitrogen and oxygen atoms in total. The molecule has 1 saturated heterocycles. The van der Waals surface area contributed by atoms with Crippen LogP contribution in [-0.2, 0) is 9.47 Å². The van der Waals surface area contributed by atoms with Crippen molar-refractivity contribution in [3.63, 3.8) is 0 Å². The maximum Gasteiger partial charge on any atom is 0.187 e. The summed E-state index contributed by atoms with van der Waals surface area (Å²) in [7, 11) is 0. The van der Waals surface area contributed by atoms with E-state index in [2.05, 4.69) is 40.3 Å². The van der Waals surface area contributed by atoms with E-state index in [1.54, 1.807) is 13.0 Å². The second kappa shape index (κ2) is 9.69. The van der Waals surface area contributed by atoms with Crippen molar-refractivity contribution in [1.82, 2.24) is 0 Å². The number of ether oxygens (including phenoxy) is 2. The SMILES string of the molecule is C=C[C@@](C)(O)CC[C@@]1(C)[C@H](C)C[C@H](O[C@@H]2O[C@H](CO)[C@@H](O)[C@H](O)[C@H]2O)[C@@]2(C)C(C)=CCC[C@H]12. The normalized spacial score (nSPS) is 47.9. The van der Waals surface area contributed by atoms with Crippen molar-refractivity contribution in [2.75, 3.05) is 6.61 Å². The Balaban J connectivity index is 1.90. The molecule has 0 amide bonds. The van der Waals surface area contributed by atoms with Crippen LogP contribution in [0.1, 0.15) is 66.7 Å². The van der Waals surface area contributed by atoms with Gasteiger partial charge in [-0.1, -0.05) is 38.5 Å². The smallest absolute Gasteiger partial charge is 0.187 e. The third-order valence-corrected chi connectivity index (χ3v) is 9.39. The number of hydrogen-bond acceptors (Lipinski definition) is 7. The van der Waals surface area contributed by atoms with E-state index in [1.165, 1.54) is 5.57 Å². The van der Waals surface area contributed by atoms with Gasteiger partial charge in [0.2, 0.25) is 0 Å². The summed E-state index contributed by atoms with van der Waals surface area (Å²) in [6.45, 7) is 14.0. The number of aliphatic hydroxyl groups is 5. The molecule has 0 radical (unpaired) electrons. The molecule has 0 unspecified atom stereocenters. The van der Waals surface area contributed by atoms with Gasteiger partial charge in [-0.15, -0.1) is 6.58 Å². The van der Waals surface area contributed by atoms with Crippen LogP contribution in [0.15, 0.2) is 24.3 Å². The minimum atomic E-state index is -1.46. The van der Waals surface area contributed by atoms with Crippen LogP contribution in [-0.4, -0.2) is 74.6 Å². The van der Waals surface area contributed by atoms with Crippen LogP contribution in [0.4, 0.5) is 0 Å². The monoisotopic (exact) mass is 468 g/mol. The summed E-state index contributed by atoms with van der Waals surface area (Å²) in [5.74, 6) is 0.561. The molecule has 0 aromatic rings. The van der Waals surface area contributed by atoms with Crippen molar-refractivity contribution in [2.24, 2.45) is 22.7 Å². The van der Waals surface area contributed by atoms with Crippen molar-refractivity contribution >= 4 is 0 Å². The molecule has 2 fully saturated rings. The molecule has 0 spiro atoms. The van der Waals surface area contributed by atoms with E-state index in [4.69, 9.17) is 9.47 Å². The number of allylic oxidation sites excluding steroid dienone is 1. The molecule has 0 bridgehead atoms. The lowest BCUT2D eigenvalue weighted by molar-refractivity contribution is -0.327. The van der Waals surface area contributed by atoms with Crippen molar-refractivity contribution in [1.29, 1.82) is 0 Å². The first kappa shape index (κ1) is 26.8. The molecule has 11 atom stereocenters. The number of hydrogen-bond donors (Lipinski definition) is 5. The summed E-state index contributed by atoms with van der Waals surface area (Å²) < 4.78 is 12.1. The fourth-order valence-corrected chi connectivity index (χ4v) is 6.52. The first-order valence-corrected chi connectivity index (χ1v) is 12.3. The minimum absolute atomic E-state index is 0.0352. The molecule has 7 heteroatoms. The first-order valence-electron chi connectivity index (χ1n) is 12.3. The molecular formula is C26H44O7. The highest BCUT2D eigenvalue weighted by atomic mass is 16.7. The number of aliphatic hydroxyl groups excluding tert-OH is 4. The fourth-order valence-electron chi connectivity index (χ4n) is 6.52. The summed E-state index contributed by atoms with van der Waals surface area (Å²) in [4.78, 5) is 0. The Labute approximate surface area is 198 Å². The van der Waals surface area contributed by atoms with Gasteiger partial charge >= 0.3 is 0 Å². The first-order chi connectivity index (χ1) is 15.3. The zero-order valence-electron chi connectivity index (χ0n) is 20.8. The van der Waals surface area contributed by atoms with E-state index in [1.807, 2.05) is 0 Å². The Hall–Kier alpha value is -0.800. The average Bonchev–Trinajstić information content (AvgIpc) is 2.78. The Morgan fingerprint density at radius 1 is 1.24 bits per heavy atom. The molecule has 3 rings (SSSR count). The van der Waals surface area contributed by atoms with Gasteiger partial charge in [0.25, 0.3) is 0 Å². The van der Waals surface area contributed by atoms with E-state index in [0.717, 1.165) is 25.7 Å². The summed E-state index contributed by atoms with van der Waals surface area (Å²) in [5, 5.41) is 51.1. The minimum Gasteiger partial charge on any atom is -0.394 e. The zero-order valence-corrected chi connectivity index (χ0v) is 20.8. The largest absolute Gasteiger partial charge is 0.394 e. The molecule has 1 saturated carbocycles. The Morgan fingerprint density at radius 3 is 2.52 bits per heavy atom. The van der Waals surface area contributed by atoms with Crippen LogP contribution in [0.5, 0.6) is 0 Å². The standard InChI is InChI=1S/C26H44O7/c1-7-24(4,31)11-12-25(5)16(3)13-19(26(6)15(2)9-8-10-18(25)26)33-23-22(30)21(29)20(28)17(14-27)32-23/h7,9,16-23,27-31H,1,8,10-14H2,2-6H3/t16-,17-,18-,19+,20-,21+,22-,23+,24-,25+,26+/m1/s1. The van der Waals surface area contributed by atoms with Gasteiger partial charge in [0, 0.05) is 5.41 Å². The predicted octanol–water partition coefficient (Wildman–Crippen LogP) is 2.30. The Kier molecular flexibility index (Phi) is 7.87. The van der Waals surface area contributed by atoms with E-state index < -0.39 is 42.9 Å². The van der Waals surface area contributed by atoms with Crippen LogP contribution in [0, 0.1) is 22.7 Å². The summed E-state index contributed by atoms with van der Waals surface area (Å²) in [5.41, 5.74) is -0.0327. The Morgan fingerprint density at radius 2 is 1.91 bits per heavy atom. The molecule has 2 aliphatic carbocycles. The second-order valence-corrected chi connectivity index (χ2v) is 11.3. The zero-order chi connectivity index (χ0) is 24.8. The highest BCUT2D eigenvalue weighted by Gasteiger charge is 2.59. The second-order valence-electron chi connectivity index (χ2n) is 11.3. The third kappa shape index (κ3) is 4.70. The van der Waals surface area contributed by atoms with Crippen LogP contribution >= 0.6 is 0 Å². The summed E-state index contributed by atoms with van der Waals surface area (Å²) in [6, 6.07) is 0. The van der Waals surface area contributed by atoms with Gasteiger partial charge in [-0.3, -0.25) is 0 Å². The van der Waals surface area contributed by atoms with E-state index in [9.17, 15) is 25.5 Å². The van der Waals surface area contributed by atoms with Gasteiger partial charge in [-0.05, 0) is 63.2 Å². The molecule has 1 aliphatic heterocycles. The lowest BCUT2D eigenvalue weighted by Gasteiger charge is -2.61. The molecule has 33 heavy (non-hydrogen) atoms. The van der Waals surface area contributed by atoms with Crippen molar-refractivity contribution in [2.45, 2.75) is 109 Å². The molecule has 1 heterocycles. The van der Waals surface area contributed by atoms with Gasteiger partial charge in [0.1, 0.15) is 24.4 Å². The van der Waals surface area contributed by atoms with Gasteiger partial charge in [-0.2, -0.15) is 0 Å². The van der Waals surface area contributed by atoms with E-state index in [0.29, 0.717) is 6.42 Å². The molecule has 5 N–H and O–H groups in total. The lowest BCUT2D eigenvalue weighted by atomic mass is 9.45. The Bertz CT molecular complexity index is 734. The molecule has 190 valence electrons. The van der Waals surface area contributed by atoms with Gasteiger partial charge in [-0.25, -0.2) is 0 Å². The van der Waals surface area contributed by atoms with Gasteiger partial charge in [0.15, 0.2) is 6.29 Å². The maximum atomic E-state index is 10.6. The summed E-state index contributed by atoms with van der Waals surface area (Å²) in [6.07, 6.45) is 1.37. The third-order valence-electron chi connectivity index (χ3n) is 9.39. The number of rotatable bonds is 7. The predicted molar refractivity (Wildman–Crippen MR) is 125 cm³/mol.